The van der Waals surface area contributed by atoms with Gasteiger partial charge in [0, 0.05) is 18.3 Å². The Bertz CT molecular complexity index is 473. The van der Waals surface area contributed by atoms with Gasteiger partial charge in [-0.25, -0.2) is 4.52 Å². The first kappa shape index (κ1) is 8.37. The maximum atomic E-state index is 10.9. The van der Waals surface area contributed by atoms with Crippen molar-refractivity contribution >= 4 is 17.4 Å². The number of fused-ring (bicyclic) bond motifs is 1. The molecular formula is C8H9N3OS. The molecule has 0 fully saturated rings. The number of hydrogen-bond acceptors (Lipinski definition) is 3. The van der Waals surface area contributed by atoms with Crippen LogP contribution in [0.5, 0.6) is 0 Å². The molecule has 0 bridgehead atoms. The number of H-pyrrole nitrogens is 1. The molecule has 0 aliphatic carbocycles. The number of rotatable bonds is 2. The highest BCUT2D eigenvalue weighted by Crippen LogP contribution is 2.15. The average molecular weight is 195 g/mol. The molecule has 68 valence electrons. The summed E-state index contributed by atoms with van der Waals surface area (Å²) in [4.78, 5) is 13.6. The van der Waals surface area contributed by atoms with Gasteiger partial charge in [0.05, 0.1) is 0 Å². The molecular weight excluding hydrogens is 186 g/mol. The minimum atomic E-state index is -0.0968. The Morgan fingerprint density at radius 3 is 3.31 bits per heavy atom. The molecule has 2 heterocycles. The Labute approximate surface area is 79.0 Å². The van der Waals surface area contributed by atoms with Crippen molar-refractivity contribution in [1.82, 2.24) is 14.6 Å². The zero-order chi connectivity index (χ0) is 9.26. The van der Waals surface area contributed by atoms with Gasteiger partial charge in [0.15, 0.2) is 0 Å². The van der Waals surface area contributed by atoms with Crippen LogP contribution in [0.3, 0.4) is 0 Å². The third-order valence-corrected chi connectivity index (χ3v) is 2.41. The van der Waals surface area contributed by atoms with E-state index in [2.05, 4.69) is 17.0 Å². The third kappa shape index (κ3) is 1.60. The fourth-order valence-corrected chi connectivity index (χ4v) is 1.74. The van der Waals surface area contributed by atoms with E-state index in [0.29, 0.717) is 0 Å². The minimum absolute atomic E-state index is 0.0968. The molecule has 0 saturated carbocycles. The largest absolute Gasteiger partial charge is 0.307 e. The summed E-state index contributed by atoms with van der Waals surface area (Å²) in [5, 5.41) is 5.19. The maximum Gasteiger partial charge on any atom is 0.251 e. The number of nitrogens with one attached hydrogen (secondary N) is 1. The van der Waals surface area contributed by atoms with E-state index in [1.54, 1.807) is 22.5 Å². The predicted molar refractivity (Wildman–Crippen MR) is 52.2 cm³/mol. The van der Waals surface area contributed by atoms with Crippen LogP contribution in [0.15, 0.2) is 28.2 Å². The van der Waals surface area contributed by atoms with Gasteiger partial charge in [0.25, 0.3) is 5.56 Å². The van der Waals surface area contributed by atoms with Crippen molar-refractivity contribution in [3.05, 3.63) is 28.7 Å². The van der Waals surface area contributed by atoms with Crippen LogP contribution in [0.1, 0.15) is 6.92 Å². The van der Waals surface area contributed by atoms with E-state index >= 15 is 0 Å². The smallest absolute Gasteiger partial charge is 0.251 e. The van der Waals surface area contributed by atoms with Gasteiger partial charge < -0.3 is 4.98 Å². The van der Waals surface area contributed by atoms with Gasteiger partial charge >= 0.3 is 0 Å². The SMILES string of the molecule is CCSc1cc2[nH]c(=O)ccn2n1. The average Bonchev–Trinajstić information content (AvgIpc) is 2.46. The molecule has 0 spiro atoms. The van der Waals surface area contributed by atoms with E-state index in [-0.39, 0.29) is 5.56 Å². The molecule has 0 aliphatic heterocycles. The normalized spacial score (nSPS) is 10.8. The molecule has 5 heteroatoms. The van der Waals surface area contributed by atoms with E-state index in [0.717, 1.165) is 16.4 Å². The molecule has 0 aliphatic rings. The monoisotopic (exact) mass is 195 g/mol. The van der Waals surface area contributed by atoms with Crippen LogP contribution >= 0.6 is 11.8 Å². The molecule has 0 unspecified atom stereocenters. The second-order valence-corrected chi connectivity index (χ2v) is 3.83. The van der Waals surface area contributed by atoms with Gasteiger partial charge in [0.1, 0.15) is 10.7 Å². The lowest BCUT2D eigenvalue weighted by molar-refractivity contribution is 0.883. The van der Waals surface area contributed by atoms with Crippen molar-refractivity contribution in [3.8, 4) is 0 Å². The molecule has 0 amide bonds. The van der Waals surface area contributed by atoms with Gasteiger partial charge in [-0.2, -0.15) is 5.10 Å². The highest BCUT2D eigenvalue weighted by molar-refractivity contribution is 7.99. The van der Waals surface area contributed by atoms with E-state index < -0.39 is 0 Å². The fraction of sp³-hybridized carbons (Fsp3) is 0.250. The topological polar surface area (TPSA) is 50.2 Å². The number of aromatic nitrogens is 3. The second-order valence-electron chi connectivity index (χ2n) is 2.55. The van der Waals surface area contributed by atoms with Crippen molar-refractivity contribution in [3.63, 3.8) is 0 Å². The molecule has 2 aromatic heterocycles. The van der Waals surface area contributed by atoms with Crippen molar-refractivity contribution < 1.29 is 0 Å². The van der Waals surface area contributed by atoms with Gasteiger partial charge in [-0.3, -0.25) is 4.79 Å². The Kier molecular flexibility index (Phi) is 2.10. The molecule has 0 atom stereocenters. The second kappa shape index (κ2) is 3.26. The number of thioether (sulfide) groups is 1. The molecule has 0 radical (unpaired) electrons. The van der Waals surface area contributed by atoms with Gasteiger partial charge in [-0.1, -0.05) is 6.92 Å². The van der Waals surface area contributed by atoms with Crippen molar-refractivity contribution in [1.29, 1.82) is 0 Å². The first-order valence-electron chi connectivity index (χ1n) is 4.01. The predicted octanol–water partition coefficient (Wildman–Crippen LogP) is 1.13. The van der Waals surface area contributed by atoms with Gasteiger partial charge in [-0.05, 0) is 5.75 Å². The molecule has 4 nitrogen and oxygen atoms in total. The summed E-state index contributed by atoms with van der Waals surface area (Å²) >= 11 is 1.65. The Hall–Kier alpha value is -1.23. The minimum Gasteiger partial charge on any atom is -0.307 e. The van der Waals surface area contributed by atoms with Crippen LogP contribution in [-0.2, 0) is 0 Å². The van der Waals surface area contributed by atoms with Crippen LogP contribution in [0, 0.1) is 0 Å². The summed E-state index contributed by atoms with van der Waals surface area (Å²) in [7, 11) is 0. The third-order valence-electron chi connectivity index (χ3n) is 1.62. The van der Waals surface area contributed by atoms with Crippen LogP contribution in [0.4, 0.5) is 0 Å². The van der Waals surface area contributed by atoms with E-state index in [1.807, 2.05) is 6.07 Å². The molecule has 1 N–H and O–H groups in total. The van der Waals surface area contributed by atoms with Crippen molar-refractivity contribution in [2.75, 3.05) is 5.75 Å². The first-order valence-corrected chi connectivity index (χ1v) is 4.99. The lowest BCUT2D eigenvalue weighted by Crippen LogP contribution is -2.05. The molecule has 0 saturated heterocycles. The van der Waals surface area contributed by atoms with Crippen LogP contribution in [0.25, 0.3) is 5.65 Å². The van der Waals surface area contributed by atoms with E-state index in [1.165, 1.54) is 6.07 Å². The Morgan fingerprint density at radius 2 is 2.54 bits per heavy atom. The molecule has 2 rings (SSSR count). The zero-order valence-electron chi connectivity index (χ0n) is 7.15. The van der Waals surface area contributed by atoms with Crippen LogP contribution in [-0.4, -0.2) is 20.4 Å². The molecule has 13 heavy (non-hydrogen) atoms. The summed E-state index contributed by atoms with van der Waals surface area (Å²) in [6, 6.07) is 3.33. The Balaban J connectivity index is 2.55. The lowest BCUT2D eigenvalue weighted by atomic mass is 10.6. The highest BCUT2D eigenvalue weighted by Gasteiger charge is 2.00. The summed E-state index contributed by atoms with van der Waals surface area (Å²) in [6.07, 6.45) is 1.66. The van der Waals surface area contributed by atoms with Crippen LogP contribution in [0.2, 0.25) is 0 Å². The number of nitrogens with zero attached hydrogens (tertiary/aromatic N) is 2. The number of aromatic amines is 1. The van der Waals surface area contributed by atoms with Crippen LogP contribution < -0.4 is 5.56 Å². The van der Waals surface area contributed by atoms with Gasteiger partial charge in [0.2, 0.25) is 0 Å². The molecule has 0 aromatic carbocycles. The summed E-state index contributed by atoms with van der Waals surface area (Å²) < 4.78 is 1.67. The summed E-state index contributed by atoms with van der Waals surface area (Å²) in [5.74, 6) is 0.980. The lowest BCUT2D eigenvalue weighted by Gasteiger charge is -1.88. The quantitative estimate of drug-likeness (QED) is 0.731. The Morgan fingerprint density at radius 1 is 1.69 bits per heavy atom. The fourth-order valence-electron chi connectivity index (χ4n) is 1.10. The van der Waals surface area contributed by atoms with Crippen molar-refractivity contribution in [2.45, 2.75) is 11.9 Å². The van der Waals surface area contributed by atoms with Gasteiger partial charge in [-0.15, -0.1) is 11.8 Å². The highest BCUT2D eigenvalue weighted by atomic mass is 32.2. The van der Waals surface area contributed by atoms with E-state index in [9.17, 15) is 4.79 Å². The summed E-state index contributed by atoms with van der Waals surface area (Å²) in [6.45, 7) is 2.07. The summed E-state index contributed by atoms with van der Waals surface area (Å²) in [5.41, 5.74) is 0.642. The standard InChI is InChI=1S/C8H9N3OS/c1-2-13-8-5-6-9-7(12)3-4-11(6)10-8/h3-5H,2H2,1H3,(H,9,12). The number of hydrogen-bond donors (Lipinski definition) is 1. The van der Waals surface area contributed by atoms with Crippen molar-refractivity contribution in [2.24, 2.45) is 0 Å². The maximum absolute atomic E-state index is 10.9. The zero-order valence-corrected chi connectivity index (χ0v) is 7.97. The van der Waals surface area contributed by atoms with E-state index in [4.69, 9.17) is 0 Å². The first-order chi connectivity index (χ1) is 6.29. The molecule has 2 aromatic rings.